The van der Waals surface area contributed by atoms with Crippen LogP contribution in [0.1, 0.15) is 5.56 Å². The third-order valence-corrected chi connectivity index (χ3v) is 2.84. The van der Waals surface area contributed by atoms with Crippen LogP contribution in [0.15, 0.2) is 16.6 Å². The Bertz CT molecular complexity index is 549. The summed E-state index contributed by atoms with van der Waals surface area (Å²) in [6, 6.07) is 1.34. The molecule has 2 N–H and O–H groups in total. The van der Waals surface area contributed by atoms with E-state index in [1.54, 1.807) is 5.32 Å². The van der Waals surface area contributed by atoms with Crippen molar-refractivity contribution < 1.29 is 22.9 Å². The lowest BCUT2D eigenvalue weighted by molar-refractivity contribution is -0.385. The highest BCUT2D eigenvalue weighted by Crippen LogP contribution is 2.30. The van der Waals surface area contributed by atoms with E-state index in [-0.39, 0.29) is 11.4 Å². The Balaban J connectivity index is 2.85. The molecule has 110 valence electrons. The monoisotopic (exact) mass is 355 g/mol. The Morgan fingerprint density at radius 3 is 2.55 bits per heavy atom. The molecule has 10 heteroatoms. The summed E-state index contributed by atoms with van der Waals surface area (Å²) < 4.78 is 36.1. The minimum Gasteiger partial charge on any atom is -0.329 e. The van der Waals surface area contributed by atoms with E-state index in [0.29, 0.717) is 10.0 Å². The number of halogens is 4. The van der Waals surface area contributed by atoms with Gasteiger partial charge in [0.15, 0.2) is 0 Å². The number of anilines is 1. The number of nitro benzene ring substituents is 1. The summed E-state index contributed by atoms with van der Waals surface area (Å²) in [7, 11) is 0. The van der Waals surface area contributed by atoms with Crippen LogP contribution < -0.4 is 10.6 Å². The minimum absolute atomic E-state index is 0.00183. The largest absolute Gasteiger partial charge is 0.405 e. The molecule has 0 saturated carbocycles. The van der Waals surface area contributed by atoms with Crippen molar-refractivity contribution in [1.29, 1.82) is 0 Å². The normalized spacial score (nSPS) is 11.1. The Labute approximate surface area is 119 Å². The Hall–Kier alpha value is -1.84. The van der Waals surface area contributed by atoms with Crippen LogP contribution in [0.2, 0.25) is 0 Å². The number of hydrogen-bond donors (Lipinski definition) is 2. The number of benzene rings is 1. The molecule has 0 spiro atoms. The van der Waals surface area contributed by atoms with Gasteiger partial charge in [-0.2, -0.15) is 13.2 Å². The van der Waals surface area contributed by atoms with E-state index >= 15 is 0 Å². The molecule has 0 radical (unpaired) electrons. The van der Waals surface area contributed by atoms with E-state index in [2.05, 4.69) is 21.2 Å². The molecule has 0 unspecified atom stereocenters. The number of carbonyl (C=O) groups excluding carboxylic acids is 1. The molecule has 0 bridgehead atoms. The van der Waals surface area contributed by atoms with Crippen molar-refractivity contribution in [2.45, 2.75) is 13.1 Å². The number of nitro groups is 1. The van der Waals surface area contributed by atoms with Gasteiger partial charge in [0.2, 0.25) is 0 Å². The lowest BCUT2D eigenvalue weighted by atomic mass is 10.2. The van der Waals surface area contributed by atoms with Gasteiger partial charge in [-0.05, 0) is 28.9 Å². The smallest absolute Gasteiger partial charge is 0.329 e. The lowest BCUT2D eigenvalue weighted by Crippen LogP contribution is -2.36. The first-order chi connectivity index (χ1) is 9.10. The summed E-state index contributed by atoms with van der Waals surface area (Å²) >= 11 is 3.06. The molecule has 2 amide bonds. The highest BCUT2D eigenvalue weighted by atomic mass is 79.9. The summed E-state index contributed by atoms with van der Waals surface area (Å²) in [5.41, 5.74) is 0.101. The third-order valence-electron chi connectivity index (χ3n) is 2.18. The highest BCUT2D eigenvalue weighted by molar-refractivity contribution is 9.10. The van der Waals surface area contributed by atoms with Crippen LogP contribution in [0.4, 0.5) is 29.3 Å². The summed E-state index contributed by atoms with van der Waals surface area (Å²) in [5.74, 6) is 0. The first-order valence-corrected chi connectivity index (χ1v) is 5.95. The van der Waals surface area contributed by atoms with Crippen LogP contribution in [0.5, 0.6) is 0 Å². The molecule has 0 saturated heterocycles. The summed E-state index contributed by atoms with van der Waals surface area (Å²) in [4.78, 5) is 21.4. The van der Waals surface area contributed by atoms with E-state index < -0.39 is 23.7 Å². The van der Waals surface area contributed by atoms with Crippen LogP contribution in [0, 0.1) is 17.0 Å². The molecular formula is C10H9BrF3N3O3. The Morgan fingerprint density at radius 2 is 2.05 bits per heavy atom. The molecule has 0 atom stereocenters. The van der Waals surface area contributed by atoms with Crippen molar-refractivity contribution in [3.8, 4) is 0 Å². The molecule has 1 rings (SSSR count). The molecule has 0 heterocycles. The Kier molecular flexibility index (Phi) is 4.93. The maximum absolute atomic E-state index is 11.9. The third kappa shape index (κ3) is 4.68. The van der Waals surface area contributed by atoms with Crippen LogP contribution in [-0.4, -0.2) is 23.7 Å². The van der Waals surface area contributed by atoms with Crippen LogP contribution in [0.25, 0.3) is 0 Å². The topological polar surface area (TPSA) is 84.3 Å². The number of amides is 2. The van der Waals surface area contributed by atoms with Gasteiger partial charge in [-0.25, -0.2) is 4.79 Å². The lowest BCUT2D eigenvalue weighted by Gasteiger charge is -2.11. The van der Waals surface area contributed by atoms with Crippen molar-refractivity contribution in [1.82, 2.24) is 5.32 Å². The van der Waals surface area contributed by atoms with Gasteiger partial charge in [-0.3, -0.25) is 10.1 Å². The van der Waals surface area contributed by atoms with Gasteiger partial charge in [-0.15, -0.1) is 0 Å². The van der Waals surface area contributed by atoms with Gasteiger partial charge in [0.1, 0.15) is 6.54 Å². The molecular weight excluding hydrogens is 347 g/mol. The average molecular weight is 356 g/mol. The van der Waals surface area contributed by atoms with Crippen molar-refractivity contribution in [2.24, 2.45) is 0 Å². The molecule has 20 heavy (non-hydrogen) atoms. The number of rotatable bonds is 3. The number of aryl methyl sites for hydroxylation is 1. The molecule has 1 aromatic carbocycles. The first-order valence-electron chi connectivity index (χ1n) is 5.16. The fourth-order valence-electron chi connectivity index (χ4n) is 1.30. The van der Waals surface area contributed by atoms with E-state index in [1.807, 2.05) is 0 Å². The van der Waals surface area contributed by atoms with Gasteiger partial charge in [-0.1, -0.05) is 0 Å². The molecule has 0 aromatic heterocycles. The van der Waals surface area contributed by atoms with E-state index in [4.69, 9.17) is 0 Å². The molecule has 0 aliphatic carbocycles. The number of carbonyl (C=O) groups is 1. The van der Waals surface area contributed by atoms with Gasteiger partial charge >= 0.3 is 12.2 Å². The number of urea groups is 1. The molecule has 6 nitrogen and oxygen atoms in total. The van der Waals surface area contributed by atoms with Crippen molar-refractivity contribution in [2.75, 3.05) is 11.9 Å². The highest BCUT2D eigenvalue weighted by Gasteiger charge is 2.27. The first kappa shape index (κ1) is 16.2. The van der Waals surface area contributed by atoms with E-state index in [9.17, 15) is 28.1 Å². The predicted octanol–water partition coefficient (Wildman–Crippen LogP) is 3.35. The molecule has 0 aliphatic heterocycles. The van der Waals surface area contributed by atoms with Gasteiger partial charge in [0.05, 0.1) is 10.6 Å². The van der Waals surface area contributed by atoms with Crippen LogP contribution >= 0.6 is 15.9 Å². The van der Waals surface area contributed by atoms with E-state index in [1.165, 1.54) is 13.0 Å². The number of nitrogens with one attached hydrogen (secondary N) is 2. The standard InChI is InChI=1S/C10H9BrF3N3O3/c1-5-2-6(11)7(3-8(5)17(19)20)16-9(18)15-4-10(12,13)14/h2-3H,4H2,1H3,(H2,15,16,18). The SMILES string of the molecule is Cc1cc(Br)c(NC(=O)NCC(F)(F)F)cc1[N+](=O)[O-]. The average Bonchev–Trinajstić information content (AvgIpc) is 2.28. The van der Waals surface area contributed by atoms with Gasteiger partial charge < -0.3 is 10.6 Å². The summed E-state index contributed by atoms with van der Waals surface area (Å²) in [5, 5.41) is 14.4. The van der Waals surface area contributed by atoms with Crippen molar-refractivity contribution >= 4 is 33.3 Å². The number of nitrogens with zero attached hydrogens (tertiary/aromatic N) is 1. The molecule has 1 aromatic rings. The zero-order valence-electron chi connectivity index (χ0n) is 10.0. The fourth-order valence-corrected chi connectivity index (χ4v) is 1.86. The second kappa shape index (κ2) is 6.07. The summed E-state index contributed by atoms with van der Waals surface area (Å²) in [6.45, 7) is 0.000798. The predicted molar refractivity (Wildman–Crippen MR) is 68.6 cm³/mol. The summed E-state index contributed by atoms with van der Waals surface area (Å²) in [6.07, 6.45) is -4.53. The van der Waals surface area contributed by atoms with Gasteiger partial charge in [0, 0.05) is 16.1 Å². The fraction of sp³-hybridized carbons (Fsp3) is 0.300. The van der Waals surface area contributed by atoms with Gasteiger partial charge in [0.25, 0.3) is 5.69 Å². The second-order valence-electron chi connectivity index (χ2n) is 3.80. The molecule has 0 aliphatic rings. The zero-order chi connectivity index (χ0) is 15.5. The maximum Gasteiger partial charge on any atom is 0.405 e. The van der Waals surface area contributed by atoms with Crippen molar-refractivity contribution in [3.63, 3.8) is 0 Å². The maximum atomic E-state index is 11.9. The Morgan fingerprint density at radius 1 is 1.45 bits per heavy atom. The molecule has 0 fully saturated rings. The minimum atomic E-state index is -4.53. The number of hydrogen-bond acceptors (Lipinski definition) is 3. The van der Waals surface area contributed by atoms with Crippen LogP contribution in [0.3, 0.4) is 0 Å². The van der Waals surface area contributed by atoms with E-state index in [0.717, 1.165) is 6.07 Å². The zero-order valence-corrected chi connectivity index (χ0v) is 11.6. The van der Waals surface area contributed by atoms with Crippen LogP contribution in [-0.2, 0) is 0 Å². The number of alkyl halides is 3. The second-order valence-corrected chi connectivity index (χ2v) is 4.65. The quantitative estimate of drug-likeness (QED) is 0.644. The van der Waals surface area contributed by atoms with Crippen molar-refractivity contribution in [3.05, 3.63) is 32.3 Å².